The van der Waals surface area contributed by atoms with Crippen molar-refractivity contribution in [2.75, 3.05) is 13.2 Å². The van der Waals surface area contributed by atoms with Gasteiger partial charge in [0.05, 0.1) is 18.8 Å². The van der Waals surface area contributed by atoms with E-state index < -0.39 is 59.3 Å². The molecule has 6 nitrogen and oxygen atoms in total. The molecular weight excluding hydrogens is 599 g/mol. The van der Waals surface area contributed by atoms with Gasteiger partial charge in [0.15, 0.2) is 0 Å². The summed E-state index contributed by atoms with van der Waals surface area (Å²) in [5.41, 5.74) is -7.83. The number of amides is 3. The second-order valence-electron chi connectivity index (χ2n) is 10.4. The number of rotatable bonds is 9. The van der Waals surface area contributed by atoms with Crippen molar-refractivity contribution in [3.05, 3.63) is 64.2 Å². The lowest BCUT2D eigenvalue weighted by Gasteiger charge is -2.33. The summed E-state index contributed by atoms with van der Waals surface area (Å²) < 4.78 is 131. The molecule has 2 aliphatic heterocycles. The van der Waals surface area contributed by atoms with Crippen molar-refractivity contribution in [3.63, 3.8) is 0 Å². The van der Waals surface area contributed by atoms with E-state index in [1.54, 1.807) is 6.92 Å². The van der Waals surface area contributed by atoms with E-state index in [9.17, 15) is 49.1 Å². The molecular formula is C28H27F9N2O4. The molecule has 2 aromatic carbocycles. The van der Waals surface area contributed by atoms with Crippen LogP contribution in [0.1, 0.15) is 60.9 Å². The minimum atomic E-state index is -5.75. The first kappa shape index (κ1) is 32.4. The maximum absolute atomic E-state index is 13.7. The van der Waals surface area contributed by atoms with Gasteiger partial charge >= 0.3 is 24.6 Å². The quantitative estimate of drug-likeness (QED) is 0.183. The lowest BCUT2D eigenvalue weighted by molar-refractivity contribution is -0.385. The number of imide groups is 1. The fraction of sp³-hybridized carbons (Fsp3) is 0.500. The van der Waals surface area contributed by atoms with Crippen LogP contribution in [0.25, 0.3) is 0 Å². The van der Waals surface area contributed by atoms with Crippen LogP contribution in [0.2, 0.25) is 0 Å². The van der Waals surface area contributed by atoms with Gasteiger partial charge in [-0.15, -0.1) is 0 Å². The summed E-state index contributed by atoms with van der Waals surface area (Å²) in [6.07, 6.45) is -15.0. The van der Waals surface area contributed by atoms with Gasteiger partial charge < -0.3 is 14.8 Å². The Morgan fingerprint density at radius 1 is 0.930 bits per heavy atom. The van der Waals surface area contributed by atoms with Crippen molar-refractivity contribution in [2.24, 2.45) is 0 Å². The van der Waals surface area contributed by atoms with Gasteiger partial charge in [0.1, 0.15) is 11.3 Å². The standard InChI is InChI=1S/C28H27F9N2O4/c1-3-6-18-19-15-43-25(27(32,33)34,28(35,36)37)20(19)11-12-21(18)42-14-5-4-13-39-22(40)24(2,38-23(39)41)16-7-9-17(10-8-16)26(29,30)31/h7-12H,3-6,13-15H2,1-2H3,(H,38,41). The van der Waals surface area contributed by atoms with Crippen molar-refractivity contribution in [1.29, 1.82) is 0 Å². The average Bonchev–Trinajstić information content (AvgIpc) is 3.41. The topological polar surface area (TPSA) is 67.9 Å². The summed E-state index contributed by atoms with van der Waals surface area (Å²) >= 11 is 0. The number of nitrogens with one attached hydrogen (secondary N) is 1. The molecule has 2 aliphatic rings. The molecule has 2 aromatic rings. The average molecular weight is 627 g/mol. The van der Waals surface area contributed by atoms with Gasteiger partial charge in [-0.05, 0) is 55.5 Å². The first-order valence-corrected chi connectivity index (χ1v) is 13.3. The molecule has 3 amide bonds. The second-order valence-corrected chi connectivity index (χ2v) is 10.4. The third-order valence-corrected chi connectivity index (χ3v) is 7.60. The van der Waals surface area contributed by atoms with Crippen molar-refractivity contribution in [3.8, 4) is 5.75 Å². The summed E-state index contributed by atoms with van der Waals surface area (Å²) in [6, 6.07) is 4.87. The highest BCUT2D eigenvalue weighted by Gasteiger charge is 2.75. The van der Waals surface area contributed by atoms with Crippen LogP contribution in [0.15, 0.2) is 36.4 Å². The molecule has 1 unspecified atom stereocenters. The van der Waals surface area contributed by atoms with E-state index in [4.69, 9.17) is 4.74 Å². The Bertz CT molecular complexity index is 1360. The molecule has 1 N–H and O–H groups in total. The Labute approximate surface area is 240 Å². The molecule has 0 aromatic heterocycles. The van der Waals surface area contributed by atoms with Crippen LogP contribution in [-0.2, 0) is 39.9 Å². The van der Waals surface area contributed by atoms with Gasteiger partial charge in [0, 0.05) is 17.7 Å². The smallest absolute Gasteiger partial charge is 0.430 e. The SMILES string of the molecule is CCCc1c(OCCCCN2C(=O)NC(C)(c3ccc(C(F)(F)F)cc3)C2=O)ccc2c1COC2(C(F)(F)F)C(F)(F)F. The number of fused-ring (bicyclic) bond motifs is 1. The fourth-order valence-electron chi connectivity index (χ4n) is 5.36. The number of benzene rings is 2. The molecule has 1 atom stereocenters. The van der Waals surface area contributed by atoms with E-state index in [1.165, 1.54) is 6.92 Å². The van der Waals surface area contributed by atoms with Crippen LogP contribution in [0.3, 0.4) is 0 Å². The number of alkyl halides is 9. The fourth-order valence-corrected chi connectivity index (χ4v) is 5.36. The van der Waals surface area contributed by atoms with Crippen LogP contribution >= 0.6 is 0 Å². The summed E-state index contributed by atoms with van der Waals surface area (Å²) in [7, 11) is 0. The largest absolute Gasteiger partial charge is 0.493 e. The summed E-state index contributed by atoms with van der Waals surface area (Å²) in [5.74, 6) is -0.561. The van der Waals surface area contributed by atoms with Crippen molar-refractivity contribution >= 4 is 11.9 Å². The minimum Gasteiger partial charge on any atom is -0.493 e. The highest BCUT2D eigenvalue weighted by molar-refractivity contribution is 6.07. The third kappa shape index (κ3) is 5.63. The predicted octanol–water partition coefficient (Wildman–Crippen LogP) is 7.13. The molecule has 1 fully saturated rings. The Hall–Kier alpha value is -3.49. The lowest BCUT2D eigenvalue weighted by atomic mass is 9.87. The number of hydrogen-bond acceptors (Lipinski definition) is 4. The summed E-state index contributed by atoms with van der Waals surface area (Å²) in [5, 5.41) is 2.50. The maximum Gasteiger partial charge on any atom is 0.430 e. The Kier molecular flexibility index (Phi) is 8.46. The van der Waals surface area contributed by atoms with Gasteiger partial charge in [0.2, 0.25) is 0 Å². The number of halogens is 9. The summed E-state index contributed by atoms with van der Waals surface area (Å²) in [4.78, 5) is 26.5. The van der Waals surface area contributed by atoms with Crippen LogP contribution in [-0.4, -0.2) is 42.3 Å². The van der Waals surface area contributed by atoms with E-state index in [0.717, 1.165) is 35.2 Å². The molecule has 0 bridgehead atoms. The van der Waals surface area contributed by atoms with Crippen LogP contribution in [0, 0.1) is 0 Å². The van der Waals surface area contributed by atoms with Crippen LogP contribution in [0.4, 0.5) is 44.3 Å². The molecule has 2 heterocycles. The van der Waals surface area contributed by atoms with Gasteiger partial charge in [-0.2, -0.15) is 39.5 Å². The molecule has 1 saturated heterocycles. The normalized spacial score (nSPS) is 20.4. The van der Waals surface area contributed by atoms with Gasteiger partial charge in [-0.3, -0.25) is 9.69 Å². The first-order chi connectivity index (χ1) is 19.9. The number of urea groups is 1. The van der Waals surface area contributed by atoms with Crippen LogP contribution in [0.5, 0.6) is 5.75 Å². The molecule has 43 heavy (non-hydrogen) atoms. The minimum absolute atomic E-state index is 0.0279. The van der Waals surface area contributed by atoms with E-state index >= 15 is 0 Å². The Morgan fingerprint density at radius 2 is 1.56 bits per heavy atom. The predicted molar refractivity (Wildman–Crippen MR) is 133 cm³/mol. The van der Waals surface area contributed by atoms with Gasteiger partial charge in [0.25, 0.3) is 11.5 Å². The van der Waals surface area contributed by atoms with E-state index in [2.05, 4.69) is 10.1 Å². The number of hydrogen-bond donors (Lipinski definition) is 1. The highest BCUT2D eigenvalue weighted by Crippen LogP contribution is 2.58. The van der Waals surface area contributed by atoms with Crippen LogP contribution < -0.4 is 10.1 Å². The number of carbonyl (C=O) groups excluding carboxylic acids is 2. The van der Waals surface area contributed by atoms with Gasteiger partial charge in [-0.1, -0.05) is 31.5 Å². The Morgan fingerprint density at radius 3 is 2.12 bits per heavy atom. The number of nitrogens with zero attached hydrogens (tertiary/aromatic N) is 1. The number of unbranched alkanes of at least 4 members (excludes halogenated alkanes) is 1. The zero-order valence-electron chi connectivity index (χ0n) is 22.9. The monoisotopic (exact) mass is 626 g/mol. The molecule has 0 saturated carbocycles. The summed E-state index contributed by atoms with van der Waals surface area (Å²) in [6.45, 7) is 2.09. The van der Waals surface area contributed by atoms with E-state index in [0.29, 0.717) is 12.5 Å². The molecule has 0 aliphatic carbocycles. The van der Waals surface area contributed by atoms with E-state index in [-0.39, 0.29) is 54.9 Å². The molecule has 0 radical (unpaired) electrons. The zero-order valence-corrected chi connectivity index (χ0v) is 22.9. The van der Waals surface area contributed by atoms with Crippen molar-refractivity contribution < 1.29 is 58.6 Å². The Balaban J connectivity index is 1.41. The molecule has 236 valence electrons. The number of carbonyl (C=O) groups is 2. The van der Waals surface area contributed by atoms with Gasteiger partial charge in [-0.25, -0.2) is 4.79 Å². The molecule has 15 heteroatoms. The van der Waals surface area contributed by atoms with Crippen molar-refractivity contribution in [1.82, 2.24) is 10.2 Å². The highest BCUT2D eigenvalue weighted by atomic mass is 19.4. The third-order valence-electron chi connectivity index (χ3n) is 7.60. The maximum atomic E-state index is 13.7. The number of ether oxygens (including phenoxy) is 2. The lowest BCUT2D eigenvalue weighted by Crippen LogP contribution is -2.53. The van der Waals surface area contributed by atoms with Crippen molar-refractivity contribution in [2.45, 2.75) is 75.8 Å². The first-order valence-electron chi connectivity index (χ1n) is 13.3. The second kappa shape index (κ2) is 11.2. The molecule has 0 spiro atoms. The molecule has 4 rings (SSSR count). The van der Waals surface area contributed by atoms with E-state index in [1.807, 2.05) is 0 Å². The zero-order chi connectivity index (χ0) is 32.0.